The van der Waals surface area contributed by atoms with E-state index in [1.807, 2.05) is 18.2 Å². The highest BCUT2D eigenvalue weighted by Gasteiger charge is 2.38. The van der Waals surface area contributed by atoms with E-state index < -0.39 is 0 Å². The van der Waals surface area contributed by atoms with Gasteiger partial charge in [-0.15, -0.1) is 0 Å². The predicted octanol–water partition coefficient (Wildman–Crippen LogP) is 3.50. The van der Waals surface area contributed by atoms with E-state index in [0.717, 1.165) is 29.3 Å². The van der Waals surface area contributed by atoms with Gasteiger partial charge in [-0.25, -0.2) is 0 Å². The normalized spacial score (nSPS) is 20.9. The molecule has 0 bridgehead atoms. The minimum atomic E-state index is -0.279. The first-order chi connectivity index (χ1) is 10.7. The smallest absolute Gasteiger partial charge is 0.306 e. The summed E-state index contributed by atoms with van der Waals surface area (Å²) in [6.45, 7) is 4.22. The number of hydrogen-bond donors (Lipinski definition) is 1. The molecule has 1 aliphatic rings. The molecule has 3 rings (SSSR count). The van der Waals surface area contributed by atoms with Gasteiger partial charge >= 0.3 is 5.97 Å². The minimum Gasteiger partial charge on any atom is -0.466 e. The van der Waals surface area contributed by atoms with E-state index in [2.05, 4.69) is 18.0 Å². The average Bonchev–Trinajstić information content (AvgIpc) is 2.89. The molecule has 0 fully saturated rings. The van der Waals surface area contributed by atoms with Crippen LogP contribution >= 0.6 is 0 Å². The molecule has 0 radical (unpaired) electrons. The summed E-state index contributed by atoms with van der Waals surface area (Å²) in [4.78, 5) is 27.9. The molecule has 22 heavy (non-hydrogen) atoms. The van der Waals surface area contributed by atoms with Crippen molar-refractivity contribution >= 4 is 22.7 Å². The number of carbonyl (C=O) groups is 2. The van der Waals surface area contributed by atoms with Crippen LogP contribution in [0.1, 0.15) is 42.7 Å². The van der Waals surface area contributed by atoms with Gasteiger partial charge in [0, 0.05) is 16.8 Å². The van der Waals surface area contributed by atoms with Crippen LogP contribution in [0.2, 0.25) is 0 Å². The number of ether oxygens (including phenoxy) is 1. The Kier molecular flexibility index (Phi) is 4.01. The van der Waals surface area contributed by atoms with Crippen LogP contribution in [0.5, 0.6) is 0 Å². The molecule has 0 unspecified atom stereocenters. The van der Waals surface area contributed by atoms with Crippen LogP contribution in [0.4, 0.5) is 0 Å². The summed E-state index contributed by atoms with van der Waals surface area (Å²) in [6.07, 6.45) is 1.90. The Morgan fingerprint density at radius 1 is 1.32 bits per heavy atom. The van der Waals surface area contributed by atoms with Crippen molar-refractivity contribution in [3.8, 4) is 0 Å². The number of para-hydroxylation sites is 1. The number of aromatic nitrogens is 1. The quantitative estimate of drug-likeness (QED) is 0.879. The fourth-order valence-corrected chi connectivity index (χ4v) is 3.51. The molecule has 116 valence electrons. The van der Waals surface area contributed by atoms with Crippen LogP contribution in [-0.4, -0.2) is 23.3 Å². The SMILES string of the molecule is CCOC(=O)C[C@@H]1C(=O)c2[nH]c3ccccc3c2C[C@H]1CC. The number of carbonyl (C=O) groups excluding carboxylic acids is 2. The van der Waals surface area contributed by atoms with Gasteiger partial charge in [0.1, 0.15) is 0 Å². The summed E-state index contributed by atoms with van der Waals surface area (Å²) >= 11 is 0. The predicted molar refractivity (Wildman–Crippen MR) is 84.9 cm³/mol. The van der Waals surface area contributed by atoms with Crippen LogP contribution in [-0.2, 0) is 16.0 Å². The first kappa shape index (κ1) is 14.8. The third-order valence-corrected chi connectivity index (χ3v) is 4.65. The summed E-state index contributed by atoms with van der Waals surface area (Å²) in [5, 5.41) is 1.12. The molecule has 1 heterocycles. The Bertz CT molecular complexity index is 716. The van der Waals surface area contributed by atoms with E-state index >= 15 is 0 Å². The highest BCUT2D eigenvalue weighted by atomic mass is 16.5. The molecule has 0 saturated carbocycles. The van der Waals surface area contributed by atoms with Crippen molar-refractivity contribution in [2.45, 2.75) is 33.1 Å². The number of benzene rings is 1. The van der Waals surface area contributed by atoms with Crippen molar-refractivity contribution in [3.63, 3.8) is 0 Å². The Balaban J connectivity index is 1.98. The molecule has 4 heteroatoms. The fraction of sp³-hybridized carbons (Fsp3) is 0.444. The number of H-pyrrole nitrogens is 1. The molecule has 0 saturated heterocycles. The lowest BCUT2D eigenvalue weighted by Gasteiger charge is -2.29. The standard InChI is InChI=1S/C18H21NO3/c1-3-11-9-14-12-7-5-6-8-15(12)19-17(14)18(21)13(11)10-16(20)22-4-2/h5-8,11,13,19H,3-4,9-10H2,1-2H3/t11-,13+/m1/s1. The number of rotatable bonds is 4. The maximum absolute atomic E-state index is 12.9. The summed E-state index contributed by atoms with van der Waals surface area (Å²) < 4.78 is 5.03. The van der Waals surface area contributed by atoms with Crippen LogP contribution in [0, 0.1) is 11.8 Å². The third kappa shape index (κ3) is 2.43. The van der Waals surface area contributed by atoms with Crippen LogP contribution in [0.25, 0.3) is 10.9 Å². The maximum Gasteiger partial charge on any atom is 0.306 e. The van der Waals surface area contributed by atoms with E-state index in [1.165, 1.54) is 0 Å². The molecule has 4 nitrogen and oxygen atoms in total. The Morgan fingerprint density at radius 3 is 2.82 bits per heavy atom. The van der Waals surface area contributed by atoms with Crippen molar-refractivity contribution in [2.75, 3.05) is 6.61 Å². The molecule has 1 aromatic carbocycles. The second-order valence-corrected chi connectivity index (χ2v) is 5.88. The van der Waals surface area contributed by atoms with Crippen LogP contribution < -0.4 is 0 Å². The highest BCUT2D eigenvalue weighted by molar-refractivity contribution is 6.05. The summed E-state index contributed by atoms with van der Waals surface area (Å²) in [5.41, 5.74) is 2.78. The number of hydrogen-bond acceptors (Lipinski definition) is 3. The zero-order valence-corrected chi connectivity index (χ0v) is 13.0. The van der Waals surface area contributed by atoms with Crippen molar-refractivity contribution in [2.24, 2.45) is 11.8 Å². The third-order valence-electron chi connectivity index (χ3n) is 4.65. The molecular weight excluding hydrogens is 278 g/mol. The molecule has 0 spiro atoms. The van der Waals surface area contributed by atoms with Crippen LogP contribution in [0.15, 0.2) is 24.3 Å². The average molecular weight is 299 g/mol. The molecule has 1 aliphatic carbocycles. The lowest BCUT2D eigenvalue weighted by atomic mass is 9.74. The molecule has 1 N–H and O–H groups in total. The maximum atomic E-state index is 12.9. The zero-order chi connectivity index (χ0) is 15.7. The Hall–Kier alpha value is -2.10. The molecule has 0 aliphatic heterocycles. The topological polar surface area (TPSA) is 59.2 Å². The number of ketones is 1. The Morgan fingerprint density at radius 2 is 2.09 bits per heavy atom. The lowest BCUT2D eigenvalue weighted by Crippen LogP contribution is -2.33. The highest BCUT2D eigenvalue weighted by Crippen LogP contribution is 2.37. The first-order valence-electron chi connectivity index (χ1n) is 7.95. The van der Waals surface area contributed by atoms with Gasteiger partial charge in [0.25, 0.3) is 0 Å². The molecule has 2 aromatic rings. The van der Waals surface area contributed by atoms with Gasteiger partial charge in [0.05, 0.1) is 18.7 Å². The van der Waals surface area contributed by atoms with Gasteiger partial charge in [-0.05, 0) is 30.9 Å². The summed E-state index contributed by atoms with van der Waals surface area (Å²) in [5.74, 6) is -0.301. The molecule has 0 amide bonds. The van der Waals surface area contributed by atoms with Crippen molar-refractivity contribution < 1.29 is 14.3 Å². The van der Waals surface area contributed by atoms with Gasteiger partial charge in [-0.2, -0.15) is 0 Å². The number of Topliss-reactive ketones (excluding diaryl/α,β-unsaturated/α-hetero) is 1. The zero-order valence-electron chi connectivity index (χ0n) is 13.0. The Labute approximate surface area is 129 Å². The number of nitrogens with one attached hydrogen (secondary N) is 1. The van der Waals surface area contributed by atoms with Gasteiger partial charge in [0.2, 0.25) is 0 Å². The number of aromatic amines is 1. The second kappa shape index (κ2) is 5.95. The van der Waals surface area contributed by atoms with Gasteiger partial charge < -0.3 is 9.72 Å². The molecule has 2 atom stereocenters. The lowest BCUT2D eigenvalue weighted by molar-refractivity contribution is -0.144. The summed E-state index contributed by atoms with van der Waals surface area (Å²) in [6, 6.07) is 7.99. The van der Waals surface area contributed by atoms with E-state index in [4.69, 9.17) is 4.74 Å². The number of fused-ring (bicyclic) bond motifs is 3. The van der Waals surface area contributed by atoms with Crippen LogP contribution in [0.3, 0.4) is 0 Å². The van der Waals surface area contributed by atoms with Crippen molar-refractivity contribution in [1.29, 1.82) is 0 Å². The molecular formula is C18H21NO3. The van der Waals surface area contributed by atoms with Crippen molar-refractivity contribution in [3.05, 3.63) is 35.5 Å². The largest absolute Gasteiger partial charge is 0.466 e. The van der Waals surface area contributed by atoms with Gasteiger partial charge in [-0.1, -0.05) is 31.5 Å². The van der Waals surface area contributed by atoms with E-state index in [-0.39, 0.29) is 30.0 Å². The van der Waals surface area contributed by atoms with E-state index in [0.29, 0.717) is 12.3 Å². The van der Waals surface area contributed by atoms with Crippen molar-refractivity contribution in [1.82, 2.24) is 4.98 Å². The minimum absolute atomic E-state index is 0.0531. The fourth-order valence-electron chi connectivity index (χ4n) is 3.51. The second-order valence-electron chi connectivity index (χ2n) is 5.88. The van der Waals surface area contributed by atoms with Gasteiger partial charge in [-0.3, -0.25) is 9.59 Å². The van der Waals surface area contributed by atoms with E-state index in [9.17, 15) is 9.59 Å². The van der Waals surface area contributed by atoms with E-state index in [1.54, 1.807) is 6.92 Å². The first-order valence-corrected chi connectivity index (χ1v) is 7.95. The summed E-state index contributed by atoms with van der Waals surface area (Å²) in [7, 11) is 0. The van der Waals surface area contributed by atoms with Gasteiger partial charge in [0.15, 0.2) is 5.78 Å². The molecule has 1 aromatic heterocycles. The number of esters is 1. The monoisotopic (exact) mass is 299 g/mol.